The lowest BCUT2D eigenvalue weighted by molar-refractivity contribution is 0.102. The summed E-state index contributed by atoms with van der Waals surface area (Å²) in [4.78, 5) is 12.2. The first-order chi connectivity index (χ1) is 10.3. The SMILES string of the molecule is COc1cccc(C(=O)Nc2cc(S(N)(=O)=O)ccc2C)c1. The third-order valence-electron chi connectivity index (χ3n) is 3.12. The van der Waals surface area contributed by atoms with Crippen molar-refractivity contribution in [3.8, 4) is 5.75 Å². The number of amides is 1. The molecule has 0 unspecified atom stereocenters. The Morgan fingerprint density at radius 1 is 1.18 bits per heavy atom. The lowest BCUT2D eigenvalue weighted by Crippen LogP contribution is -2.15. The summed E-state index contributed by atoms with van der Waals surface area (Å²) in [5.41, 5.74) is 1.52. The monoisotopic (exact) mass is 320 g/mol. The molecular weight excluding hydrogens is 304 g/mol. The van der Waals surface area contributed by atoms with Crippen molar-refractivity contribution in [2.45, 2.75) is 11.8 Å². The minimum Gasteiger partial charge on any atom is -0.497 e. The third-order valence-corrected chi connectivity index (χ3v) is 4.03. The molecule has 0 atom stereocenters. The zero-order valence-corrected chi connectivity index (χ0v) is 13.0. The minimum absolute atomic E-state index is 0.0564. The van der Waals surface area contributed by atoms with Crippen LogP contribution in [0.4, 0.5) is 5.69 Å². The normalized spacial score (nSPS) is 11.0. The van der Waals surface area contributed by atoms with Crippen LogP contribution in [0.25, 0.3) is 0 Å². The Morgan fingerprint density at radius 2 is 1.91 bits per heavy atom. The predicted molar refractivity (Wildman–Crippen MR) is 83.5 cm³/mol. The van der Waals surface area contributed by atoms with Gasteiger partial charge in [0.1, 0.15) is 5.75 Å². The van der Waals surface area contributed by atoms with Gasteiger partial charge in [-0.2, -0.15) is 0 Å². The highest BCUT2D eigenvalue weighted by molar-refractivity contribution is 7.89. The molecule has 2 aromatic carbocycles. The number of benzene rings is 2. The predicted octanol–water partition coefficient (Wildman–Crippen LogP) is 1.90. The topological polar surface area (TPSA) is 98.5 Å². The molecule has 22 heavy (non-hydrogen) atoms. The number of hydrogen-bond donors (Lipinski definition) is 2. The zero-order valence-electron chi connectivity index (χ0n) is 12.2. The Balaban J connectivity index is 2.31. The quantitative estimate of drug-likeness (QED) is 0.899. The second kappa shape index (κ2) is 6.17. The number of methoxy groups -OCH3 is 1. The van der Waals surface area contributed by atoms with Gasteiger partial charge < -0.3 is 10.1 Å². The minimum atomic E-state index is -3.82. The van der Waals surface area contributed by atoms with Crippen molar-refractivity contribution in [1.82, 2.24) is 0 Å². The van der Waals surface area contributed by atoms with Crippen LogP contribution in [0.5, 0.6) is 5.75 Å². The van der Waals surface area contributed by atoms with Crippen LogP contribution < -0.4 is 15.2 Å². The van der Waals surface area contributed by atoms with Crippen LogP contribution in [-0.2, 0) is 10.0 Å². The molecule has 0 spiro atoms. The van der Waals surface area contributed by atoms with Crippen LogP contribution in [0.15, 0.2) is 47.4 Å². The Hall–Kier alpha value is -2.38. The van der Waals surface area contributed by atoms with E-state index in [0.29, 0.717) is 17.0 Å². The largest absolute Gasteiger partial charge is 0.497 e. The van der Waals surface area contributed by atoms with Crippen LogP contribution in [-0.4, -0.2) is 21.4 Å². The van der Waals surface area contributed by atoms with E-state index >= 15 is 0 Å². The van der Waals surface area contributed by atoms with Crippen LogP contribution in [0.1, 0.15) is 15.9 Å². The van der Waals surface area contributed by atoms with Gasteiger partial charge in [0.15, 0.2) is 0 Å². The van der Waals surface area contributed by atoms with Gasteiger partial charge in [-0.15, -0.1) is 0 Å². The van der Waals surface area contributed by atoms with Crippen molar-refractivity contribution in [1.29, 1.82) is 0 Å². The fourth-order valence-corrected chi connectivity index (χ4v) is 2.41. The lowest BCUT2D eigenvalue weighted by Gasteiger charge is -2.10. The fraction of sp³-hybridized carbons (Fsp3) is 0.133. The highest BCUT2D eigenvalue weighted by Crippen LogP contribution is 2.21. The maximum absolute atomic E-state index is 12.2. The summed E-state index contributed by atoms with van der Waals surface area (Å²) in [6, 6.07) is 11.0. The maximum Gasteiger partial charge on any atom is 0.255 e. The number of nitrogens with two attached hydrogens (primary N) is 1. The first-order valence-electron chi connectivity index (χ1n) is 6.40. The Labute approximate surface area is 129 Å². The molecule has 0 aliphatic heterocycles. The van der Waals surface area contributed by atoms with Gasteiger partial charge in [0.2, 0.25) is 10.0 Å². The summed E-state index contributed by atoms with van der Waals surface area (Å²) in [6.07, 6.45) is 0. The summed E-state index contributed by atoms with van der Waals surface area (Å²) in [5.74, 6) is 0.191. The van der Waals surface area contributed by atoms with Gasteiger partial charge in [-0.3, -0.25) is 4.79 Å². The molecule has 1 amide bonds. The number of aryl methyl sites for hydroxylation is 1. The number of ether oxygens (including phenoxy) is 1. The van der Waals surface area contributed by atoms with E-state index in [2.05, 4.69) is 5.32 Å². The van der Waals surface area contributed by atoms with Gasteiger partial charge in [0.05, 0.1) is 12.0 Å². The Bertz CT molecular complexity index is 816. The number of sulfonamides is 1. The standard InChI is InChI=1S/C15H16N2O4S/c1-10-6-7-13(22(16,19)20)9-14(10)17-15(18)11-4-3-5-12(8-11)21-2/h3-9H,1-2H3,(H,17,18)(H2,16,19,20). The number of hydrogen-bond acceptors (Lipinski definition) is 4. The second-order valence-corrected chi connectivity index (χ2v) is 6.27. The van der Waals surface area contributed by atoms with Gasteiger partial charge >= 0.3 is 0 Å². The molecule has 3 N–H and O–H groups in total. The number of carbonyl (C=O) groups is 1. The summed E-state index contributed by atoms with van der Waals surface area (Å²) < 4.78 is 27.8. The zero-order chi connectivity index (χ0) is 16.3. The molecule has 0 radical (unpaired) electrons. The molecule has 6 nitrogen and oxygen atoms in total. The average molecular weight is 320 g/mol. The van der Waals surface area contributed by atoms with E-state index in [0.717, 1.165) is 5.56 Å². The highest BCUT2D eigenvalue weighted by Gasteiger charge is 2.13. The first-order valence-corrected chi connectivity index (χ1v) is 7.95. The molecule has 2 aromatic rings. The number of anilines is 1. The molecule has 2 rings (SSSR count). The van der Waals surface area contributed by atoms with Crippen molar-refractivity contribution in [3.05, 3.63) is 53.6 Å². The van der Waals surface area contributed by atoms with E-state index in [1.54, 1.807) is 37.3 Å². The van der Waals surface area contributed by atoms with E-state index < -0.39 is 10.0 Å². The van der Waals surface area contributed by atoms with Crippen LogP contribution in [0, 0.1) is 6.92 Å². The Kier molecular flexibility index (Phi) is 4.48. The fourth-order valence-electron chi connectivity index (χ4n) is 1.87. The summed E-state index contributed by atoms with van der Waals surface area (Å²) in [7, 11) is -2.31. The van der Waals surface area contributed by atoms with Crippen LogP contribution in [0.2, 0.25) is 0 Å². The van der Waals surface area contributed by atoms with Crippen molar-refractivity contribution in [2.24, 2.45) is 5.14 Å². The lowest BCUT2D eigenvalue weighted by atomic mass is 10.1. The summed E-state index contributed by atoms with van der Waals surface area (Å²) in [5, 5.41) is 7.77. The molecule has 0 aliphatic rings. The molecule has 0 bridgehead atoms. The maximum atomic E-state index is 12.2. The third kappa shape index (κ3) is 3.63. The van der Waals surface area contributed by atoms with Crippen LogP contribution >= 0.6 is 0 Å². The Morgan fingerprint density at radius 3 is 2.55 bits per heavy atom. The van der Waals surface area contributed by atoms with E-state index in [-0.39, 0.29) is 10.8 Å². The molecule has 0 aliphatic carbocycles. The average Bonchev–Trinajstić information content (AvgIpc) is 2.48. The van der Waals surface area contributed by atoms with Gasteiger partial charge in [0.25, 0.3) is 5.91 Å². The van der Waals surface area contributed by atoms with Crippen molar-refractivity contribution < 1.29 is 17.9 Å². The molecule has 7 heteroatoms. The molecular formula is C15H16N2O4S. The second-order valence-electron chi connectivity index (χ2n) is 4.71. The van der Waals surface area contributed by atoms with Gasteiger partial charge in [-0.1, -0.05) is 12.1 Å². The molecule has 0 saturated carbocycles. The molecule has 0 aromatic heterocycles. The number of primary sulfonamides is 1. The van der Waals surface area contributed by atoms with E-state index in [4.69, 9.17) is 9.88 Å². The van der Waals surface area contributed by atoms with Crippen molar-refractivity contribution in [3.63, 3.8) is 0 Å². The number of carbonyl (C=O) groups excluding carboxylic acids is 1. The molecule has 0 heterocycles. The van der Waals surface area contributed by atoms with E-state index in [9.17, 15) is 13.2 Å². The number of rotatable bonds is 4. The van der Waals surface area contributed by atoms with E-state index in [1.165, 1.54) is 19.2 Å². The summed E-state index contributed by atoms with van der Waals surface area (Å²) in [6.45, 7) is 1.76. The highest BCUT2D eigenvalue weighted by atomic mass is 32.2. The molecule has 116 valence electrons. The first kappa shape index (κ1) is 16.0. The molecule has 0 saturated heterocycles. The van der Waals surface area contributed by atoms with Crippen LogP contribution in [0.3, 0.4) is 0 Å². The summed E-state index contributed by atoms with van der Waals surface area (Å²) >= 11 is 0. The van der Waals surface area contributed by atoms with Gasteiger partial charge in [-0.05, 0) is 42.8 Å². The van der Waals surface area contributed by atoms with Crippen molar-refractivity contribution in [2.75, 3.05) is 12.4 Å². The molecule has 0 fully saturated rings. The number of nitrogens with one attached hydrogen (secondary N) is 1. The van der Waals surface area contributed by atoms with Crippen molar-refractivity contribution >= 4 is 21.6 Å². The smallest absolute Gasteiger partial charge is 0.255 e. The van der Waals surface area contributed by atoms with Gasteiger partial charge in [0, 0.05) is 11.3 Å². The van der Waals surface area contributed by atoms with E-state index in [1.807, 2.05) is 0 Å². The van der Waals surface area contributed by atoms with Gasteiger partial charge in [-0.25, -0.2) is 13.6 Å².